The summed E-state index contributed by atoms with van der Waals surface area (Å²) in [4.78, 5) is 20.2. The Hall–Kier alpha value is -2.67. The Morgan fingerprint density at radius 2 is 2.00 bits per heavy atom. The number of hydrogen-bond acceptors (Lipinski definition) is 3. The van der Waals surface area contributed by atoms with Crippen LogP contribution in [0.1, 0.15) is 11.1 Å². The van der Waals surface area contributed by atoms with Gasteiger partial charge in [-0.15, -0.1) is 0 Å². The van der Waals surface area contributed by atoms with Gasteiger partial charge in [0.1, 0.15) is 5.65 Å². The molecule has 0 saturated carbocycles. The average Bonchev–Trinajstić information content (AvgIpc) is 3.05. The molecule has 1 atom stereocenters. The summed E-state index contributed by atoms with van der Waals surface area (Å²) >= 11 is 0. The minimum absolute atomic E-state index is 0.294. The number of aromatic amines is 1. The number of nitrogens with zero attached hydrogens (tertiary/aromatic N) is 1. The highest BCUT2D eigenvalue weighted by atomic mass is 32.2. The van der Waals surface area contributed by atoms with Gasteiger partial charge in [-0.3, -0.25) is 4.21 Å². The zero-order valence-corrected chi connectivity index (χ0v) is 14.2. The molecule has 1 unspecified atom stereocenters. The van der Waals surface area contributed by atoms with E-state index in [4.69, 9.17) is 0 Å². The van der Waals surface area contributed by atoms with Crippen LogP contribution in [0.25, 0.3) is 11.0 Å². The third-order valence-corrected chi connectivity index (χ3v) is 4.75. The van der Waals surface area contributed by atoms with Gasteiger partial charge in [-0.05, 0) is 36.2 Å². The molecule has 0 radical (unpaired) electrons. The van der Waals surface area contributed by atoms with Crippen molar-refractivity contribution in [1.29, 1.82) is 0 Å². The van der Waals surface area contributed by atoms with Crippen molar-refractivity contribution in [2.45, 2.75) is 18.4 Å². The summed E-state index contributed by atoms with van der Waals surface area (Å²) in [5.74, 6) is 0. The van der Waals surface area contributed by atoms with E-state index < -0.39 is 10.8 Å². The van der Waals surface area contributed by atoms with Gasteiger partial charge in [0.15, 0.2) is 0 Å². The molecule has 2 aromatic heterocycles. The SMILES string of the molecule is Cc1c(NC(=O)NCc2ccc(S(C)=O)cc2)cnc2[nH]ccc12. The second-order valence-corrected chi connectivity index (χ2v) is 6.82. The zero-order chi connectivity index (χ0) is 17.1. The van der Waals surface area contributed by atoms with E-state index >= 15 is 0 Å². The average molecular weight is 342 g/mol. The Morgan fingerprint density at radius 3 is 2.71 bits per heavy atom. The molecule has 124 valence electrons. The first-order valence-electron chi connectivity index (χ1n) is 7.44. The first-order valence-corrected chi connectivity index (χ1v) is 9.00. The molecule has 0 aliphatic carbocycles. The van der Waals surface area contributed by atoms with Crippen molar-refractivity contribution in [2.24, 2.45) is 0 Å². The highest BCUT2D eigenvalue weighted by molar-refractivity contribution is 7.84. The van der Waals surface area contributed by atoms with Crippen LogP contribution >= 0.6 is 0 Å². The first kappa shape index (κ1) is 16.2. The number of rotatable bonds is 4. The number of aromatic nitrogens is 2. The Morgan fingerprint density at radius 1 is 1.25 bits per heavy atom. The number of H-pyrrole nitrogens is 1. The van der Waals surface area contributed by atoms with Crippen molar-refractivity contribution >= 4 is 33.6 Å². The highest BCUT2D eigenvalue weighted by Crippen LogP contribution is 2.22. The van der Waals surface area contributed by atoms with E-state index in [-0.39, 0.29) is 6.03 Å². The van der Waals surface area contributed by atoms with Gasteiger partial charge in [0.25, 0.3) is 0 Å². The largest absolute Gasteiger partial charge is 0.346 e. The maximum absolute atomic E-state index is 12.1. The lowest BCUT2D eigenvalue weighted by atomic mass is 10.2. The number of carbonyl (C=O) groups excluding carboxylic acids is 1. The van der Waals surface area contributed by atoms with Gasteiger partial charge in [-0.25, -0.2) is 9.78 Å². The fraction of sp³-hybridized carbons (Fsp3) is 0.176. The minimum Gasteiger partial charge on any atom is -0.346 e. The van der Waals surface area contributed by atoms with Gasteiger partial charge in [0.2, 0.25) is 0 Å². The molecule has 0 spiro atoms. The van der Waals surface area contributed by atoms with Crippen LogP contribution in [0, 0.1) is 6.92 Å². The summed E-state index contributed by atoms with van der Waals surface area (Å²) in [6.07, 6.45) is 5.10. The smallest absolute Gasteiger partial charge is 0.319 e. The monoisotopic (exact) mass is 342 g/mol. The number of fused-ring (bicyclic) bond motifs is 1. The summed E-state index contributed by atoms with van der Waals surface area (Å²) < 4.78 is 11.4. The third kappa shape index (κ3) is 3.46. The van der Waals surface area contributed by atoms with Crippen molar-refractivity contribution in [1.82, 2.24) is 15.3 Å². The van der Waals surface area contributed by atoms with Crippen LogP contribution in [-0.4, -0.2) is 26.5 Å². The number of pyridine rings is 1. The molecule has 6 nitrogen and oxygen atoms in total. The van der Waals surface area contributed by atoms with Crippen molar-refractivity contribution in [2.75, 3.05) is 11.6 Å². The number of urea groups is 1. The van der Waals surface area contributed by atoms with Gasteiger partial charge < -0.3 is 15.6 Å². The predicted octanol–water partition coefficient (Wildman–Crippen LogP) is 2.93. The number of nitrogens with one attached hydrogen (secondary N) is 3. The molecule has 0 aliphatic heterocycles. The van der Waals surface area contributed by atoms with Crippen molar-refractivity contribution in [3.05, 3.63) is 53.9 Å². The van der Waals surface area contributed by atoms with Crippen LogP contribution in [0.5, 0.6) is 0 Å². The molecule has 0 aliphatic rings. The van der Waals surface area contributed by atoms with E-state index in [2.05, 4.69) is 20.6 Å². The van der Waals surface area contributed by atoms with Crippen LogP contribution in [0.15, 0.2) is 47.6 Å². The molecule has 0 saturated heterocycles. The predicted molar refractivity (Wildman–Crippen MR) is 95.5 cm³/mol. The molecule has 24 heavy (non-hydrogen) atoms. The molecular formula is C17H18N4O2S. The molecule has 0 fully saturated rings. The van der Waals surface area contributed by atoms with E-state index in [0.717, 1.165) is 27.1 Å². The molecule has 2 heterocycles. The second kappa shape index (κ2) is 6.84. The molecule has 3 N–H and O–H groups in total. The summed E-state index contributed by atoms with van der Waals surface area (Å²) in [6.45, 7) is 2.33. The van der Waals surface area contributed by atoms with Crippen LogP contribution < -0.4 is 10.6 Å². The molecule has 2 amide bonds. The summed E-state index contributed by atoms with van der Waals surface area (Å²) in [7, 11) is -0.997. The van der Waals surface area contributed by atoms with E-state index in [1.54, 1.807) is 24.6 Å². The van der Waals surface area contributed by atoms with Gasteiger partial charge >= 0.3 is 6.03 Å². The zero-order valence-electron chi connectivity index (χ0n) is 13.4. The second-order valence-electron chi connectivity index (χ2n) is 5.44. The number of benzene rings is 1. The summed E-state index contributed by atoms with van der Waals surface area (Å²) in [5, 5.41) is 6.60. The summed E-state index contributed by atoms with van der Waals surface area (Å²) in [5.41, 5.74) is 3.38. The fourth-order valence-corrected chi connectivity index (χ4v) is 2.93. The quantitative estimate of drug-likeness (QED) is 0.681. The Labute approximate surface area is 142 Å². The number of amides is 2. The van der Waals surface area contributed by atoms with Crippen molar-refractivity contribution < 1.29 is 9.00 Å². The molecule has 3 rings (SSSR count). The Bertz CT molecular complexity index is 903. The topological polar surface area (TPSA) is 86.9 Å². The lowest BCUT2D eigenvalue weighted by Crippen LogP contribution is -2.28. The lowest BCUT2D eigenvalue weighted by Gasteiger charge is -2.10. The molecular weight excluding hydrogens is 324 g/mol. The van der Waals surface area contributed by atoms with Gasteiger partial charge in [-0.1, -0.05) is 12.1 Å². The van der Waals surface area contributed by atoms with Gasteiger partial charge in [0, 0.05) is 40.1 Å². The third-order valence-electron chi connectivity index (χ3n) is 3.81. The molecule has 1 aromatic carbocycles. The summed E-state index contributed by atoms with van der Waals surface area (Å²) in [6, 6.07) is 8.96. The molecule has 7 heteroatoms. The number of anilines is 1. The maximum atomic E-state index is 12.1. The van der Waals surface area contributed by atoms with E-state index in [9.17, 15) is 9.00 Å². The standard InChI is InChI=1S/C17H18N4O2S/c1-11-14-7-8-18-16(14)19-10-15(11)21-17(22)20-9-12-3-5-13(6-4-12)24(2)23/h3-8,10H,9H2,1-2H3,(H,18,19)(H2,20,21,22). The first-order chi connectivity index (χ1) is 11.5. The minimum atomic E-state index is -0.997. The van der Waals surface area contributed by atoms with Crippen LogP contribution in [0.2, 0.25) is 0 Å². The van der Waals surface area contributed by atoms with E-state index in [1.807, 2.05) is 31.3 Å². The van der Waals surface area contributed by atoms with E-state index in [1.165, 1.54) is 0 Å². The number of carbonyl (C=O) groups is 1. The van der Waals surface area contributed by atoms with Crippen LogP contribution in [0.4, 0.5) is 10.5 Å². The fourth-order valence-electron chi connectivity index (χ4n) is 2.41. The van der Waals surface area contributed by atoms with Gasteiger partial charge in [0.05, 0.1) is 11.9 Å². The maximum Gasteiger partial charge on any atom is 0.319 e. The number of aryl methyl sites for hydroxylation is 1. The van der Waals surface area contributed by atoms with Crippen LogP contribution in [0.3, 0.4) is 0 Å². The Balaban J connectivity index is 1.62. The normalized spacial score (nSPS) is 12.1. The van der Waals surface area contributed by atoms with Crippen molar-refractivity contribution in [3.8, 4) is 0 Å². The molecule has 0 bridgehead atoms. The number of hydrogen-bond donors (Lipinski definition) is 3. The molecule has 3 aromatic rings. The van der Waals surface area contributed by atoms with Gasteiger partial charge in [-0.2, -0.15) is 0 Å². The van der Waals surface area contributed by atoms with Crippen molar-refractivity contribution in [3.63, 3.8) is 0 Å². The van der Waals surface area contributed by atoms with Crippen LogP contribution in [-0.2, 0) is 17.3 Å². The Kier molecular flexibility index (Phi) is 4.61. The highest BCUT2D eigenvalue weighted by Gasteiger charge is 2.08. The van der Waals surface area contributed by atoms with E-state index in [0.29, 0.717) is 12.2 Å². The lowest BCUT2D eigenvalue weighted by molar-refractivity contribution is 0.251.